The van der Waals surface area contributed by atoms with Gasteiger partial charge in [-0.1, -0.05) is 11.6 Å². The van der Waals surface area contributed by atoms with E-state index in [2.05, 4.69) is 20.4 Å². The molecule has 2 aromatic rings. The van der Waals surface area contributed by atoms with Gasteiger partial charge in [0.25, 0.3) is 0 Å². The number of rotatable bonds is 4. The minimum Gasteiger partial charge on any atom is -0.308 e. The van der Waals surface area contributed by atoms with E-state index in [9.17, 15) is 0 Å². The lowest BCUT2D eigenvalue weighted by atomic mass is 10.3. The third kappa shape index (κ3) is 2.45. The van der Waals surface area contributed by atoms with Gasteiger partial charge in [0, 0.05) is 12.6 Å². The average Bonchev–Trinajstić information content (AvgIpc) is 3.00. The third-order valence-electron chi connectivity index (χ3n) is 2.69. The molecule has 1 aliphatic carbocycles. The number of hydrogen-bond donors (Lipinski definition) is 1. The highest BCUT2D eigenvalue weighted by atomic mass is 35.5. The number of nitrogens with one attached hydrogen (secondary N) is 1. The topological polar surface area (TPSA) is 55.6 Å². The Morgan fingerprint density at radius 3 is 3.00 bits per heavy atom. The lowest BCUT2D eigenvalue weighted by Gasteiger charge is -2.07. The summed E-state index contributed by atoms with van der Waals surface area (Å²) in [7, 11) is 0. The van der Waals surface area contributed by atoms with Gasteiger partial charge in [-0.2, -0.15) is 5.10 Å². The summed E-state index contributed by atoms with van der Waals surface area (Å²) < 4.78 is 1.62. The first-order valence-corrected chi connectivity index (χ1v) is 5.94. The van der Waals surface area contributed by atoms with Crippen LogP contribution in [0.5, 0.6) is 0 Å². The van der Waals surface area contributed by atoms with Crippen LogP contribution in [-0.2, 0) is 6.54 Å². The van der Waals surface area contributed by atoms with Gasteiger partial charge in [0.05, 0.1) is 10.7 Å². The molecule has 1 fully saturated rings. The zero-order valence-electron chi connectivity index (χ0n) is 9.17. The van der Waals surface area contributed by atoms with E-state index in [4.69, 9.17) is 11.6 Å². The van der Waals surface area contributed by atoms with Gasteiger partial charge in [0.1, 0.15) is 12.7 Å². The molecule has 0 amide bonds. The van der Waals surface area contributed by atoms with E-state index in [0.29, 0.717) is 17.6 Å². The Kier molecular flexibility index (Phi) is 2.78. The molecule has 0 aliphatic heterocycles. The van der Waals surface area contributed by atoms with Gasteiger partial charge >= 0.3 is 0 Å². The highest BCUT2D eigenvalue weighted by Gasteiger charge is 2.20. The number of aromatic nitrogens is 4. The highest BCUT2D eigenvalue weighted by molar-refractivity contribution is 6.31. The maximum absolute atomic E-state index is 6.11. The summed E-state index contributed by atoms with van der Waals surface area (Å²) in [5, 5.41) is 8.12. The van der Waals surface area contributed by atoms with Crippen LogP contribution in [0.4, 0.5) is 0 Å². The molecular weight excluding hydrogens is 238 g/mol. The van der Waals surface area contributed by atoms with Gasteiger partial charge in [0.15, 0.2) is 5.82 Å². The van der Waals surface area contributed by atoms with Crippen molar-refractivity contribution in [3.05, 3.63) is 35.5 Å². The van der Waals surface area contributed by atoms with Crippen molar-refractivity contribution < 1.29 is 0 Å². The zero-order valence-corrected chi connectivity index (χ0v) is 9.93. The molecule has 3 rings (SSSR count). The Hall–Kier alpha value is -1.46. The quantitative estimate of drug-likeness (QED) is 0.894. The van der Waals surface area contributed by atoms with Crippen LogP contribution in [-0.4, -0.2) is 25.8 Å². The van der Waals surface area contributed by atoms with E-state index in [0.717, 1.165) is 11.5 Å². The van der Waals surface area contributed by atoms with E-state index in [1.807, 2.05) is 12.1 Å². The lowest BCUT2D eigenvalue weighted by Crippen LogP contribution is -2.17. The Bertz CT molecular complexity index is 507. The predicted molar refractivity (Wildman–Crippen MR) is 64.0 cm³/mol. The summed E-state index contributed by atoms with van der Waals surface area (Å²) in [5.41, 5.74) is 0.853. The van der Waals surface area contributed by atoms with Gasteiger partial charge in [-0.05, 0) is 25.0 Å². The first-order chi connectivity index (χ1) is 8.33. The summed E-state index contributed by atoms with van der Waals surface area (Å²) in [6.07, 6.45) is 5.60. The van der Waals surface area contributed by atoms with E-state index in [1.165, 1.54) is 19.2 Å². The maximum atomic E-state index is 6.11. The second-order valence-corrected chi connectivity index (χ2v) is 4.50. The molecule has 1 saturated carbocycles. The van der Waals surface area contributed by atoms with Crippen LogP contribution in [0.1, 0.15) is 18.5 Å². The molecule has 1 N–H and O–H groups in total. The molecule has 0 atom stereocenters. The molecule has 0 unspecified atom stereocenters. The van der Waals surface area contributed by atoms with Crippen LogP contribution < -0.4 is 5.32 Å². The number of nitrogens with zero attached hydrogens (tertiary/aromatic N) is 4. The summed E-state index contributed by atoms with van der Waals surface area (Å²) in [4.78, 5) is 8.38. The van der Waals surface area contributed by atoms with Crippen LogP contribution in [0.15, 0.2) is 24.8 Å². The number of hydrogen-bond acceptors (Lipinski definition) is 4. The van der Waals surface area contributed by atoms with Crippen LogP contribution >= 0.6 is 11.6 Å². The van der Waals surface area contributed by atoms with E-state index >= 15 is 0 Å². The fourth-order valence-electron chi connectivity index (χ4n) is 1.58. The second kappa shape index (κ2) is 4.43. The first kappa shape index (κ1) is 10.7. The molecule has 88 valence electrons. The molecule has 0 bridgehead atoms. The highest BCUT2D eigenvalue weighted by Crippen LogP contribution is 2.21. The predicted octanol–water partition coefficient (Wildman–Crippen LogP) is 1.57. The van der Waals surface area contributed by atoms with Gasteiger partial charge < -0.3 is 5.32 Å². The molecule has 1 aliphatic rings. The SMILES string of the molecule is Clc1ccc(-n2cncn2)nc1CNC1CC1. The fourth-order valence-corrected chi connectivity index (χ4v) is 1.75. The van der Waals surface area contributed by atoms with Gasteiger partial charge in [-0.25, -0.2) is 14.6 Å². The molecule has 17 heavy (non-hydrogen) atoms. The van der Waals surface area contributed by atoms with Crippen molar-refractivity contribution in [2.24, 2.45) is 0 Å². The summed E-state index contributed by atoms with van der Waals surface area (Å²) in [6, 6.07) is 4.32. The number of halogens is 1. The van der Waals surface area contributed by atoms with Gasteiger partial charge in [0.2, 0.25) is 0 Å². The van der Waals surface area contributed by atoms with E-state index < -0.39 is 0 Å². The molecule has 6 heteroatoms. The zero-order chi connectivity index (χ0) is 11.7. The standard InChI is InChI=1S/C11H12ClN5/c12-9-3-4-11(17-7-13-6-15-17)16-10(9)5-14-8-1-2-8/h3-4,6-8,14H,1-2,5H2. The molecule has 5 nitrogen and oxygen atoms in total. The smallest absolute Gasteiger partial charge is 0.155 e. The van der Waals surface area contributed by atoms with Crippen LogP contribution in [0, 0.1) is 0 Å². The van der Waals surface area contributed by atoms with Crippen molar-refractivity contribution in [2.45, 2.75) is 25.4 Å². The lowest BCUT2D eigenvalue weighted by molar-refractivity contribution is 0.670. The van der Waals surface area contributed by atoms with Gasteiger partial charge in [-0.3, -0.25) is 0 Å². The summed E-state index contributed by atoms with van der Waals surface area (Å²) >= 11 is 6.11. The molecule has 0 spiro atoms. The minimum atomic E-state index is 0.642. The Labute approximate surface area is 104 Å². The molecule has 2 heterocycles. The van der Waals surface area contributed by atoms with Crippen molar-refractivity contribution in [2.75, 3.05) is 0 Å². The largest absolute Gasteiger partial charge is 0.308 e. The van der Waals surface area contributed by atoms with Crippen LogP contribution in [0.3, 0.4) is 0 Å². The fraction of sp³-hybridized carbons (Fsp3) is 0.364. The van der Waals surface area contributed by atoms with E-state index in [1.54, 1.807) is 11.0 Å². The monoisotopic (exact) mass is 249 g/mol. The maximum Gasteiger partial charge on any atom is 0.155 e. The van der Waals surface area contributed by atoms with E-state index in [-0.39, 0.29) is 0 Å². The molecule has 0 aromatic carbocycles. The Morgan fingerprint density at radius 1 is 1.41 bits per heavy atom. The van der Waals surface area contributed by atoms with Crippen molar-refractivity contribution in [1.82, 2.24) is 25.1 Å². The molecular formula is C11H12ClN5. The average molecular weight is 250 g/mol. The van der Waals surface area contributed by atoms with Crippen molar-refractivity contribution in [1.29, 1.82) is 0 Å². The summed E-state index contributed by atoms with van der Waals surface area (Å²) in [5.74, 6) is 0.736. The van der Waals surface area contributed by atoms with Crippen molar-refractivity contribution >= 4 is 11.6 Å². The van der Waals surface area contributed by atoms with Crippen molar-refractivity contribution in [3.8, 4) is 5.82 Å². The molecule has 0 saturated heterocycles. The number of pyridine rings is 1. The van der Waals surface area contributed by atoms with Crippen molar-refractivity contribution in [3.63, 3.8) is 0 Å². The molecule has 2 aromatic heterocycles. The van der Waals surface area contributed by atoms with Crippen LogP contribution in [0.2, 0.25) is 5.02 Å². The first-order valence-electron chi connectivity index (χ1n) is 5.57. The third-order valence-corrected chi connectivity index (χ3v) is 3.04. The Balaban J connectivity index is 1.83. The second-order valence-electron chi connectivity index (χ2n) is 4.09. The van der Waals surface area contributed by atoms with Crippen LogP contribution in [0.25, 0.3) is 5.82 Å². The minimum absolute atomic E-state index is 0.642. The van der Waals surface area contributed by atoms with Gasteiger partial charge in [-0.15, -0.1) is 0 Å². The summed E-state index contributed by atoms with van der Waals surface area (Å²) in [6.45, 7) is 0.700. The Morgan fingerprint density at radius 2 is 2.29 bits per heavy atom. The normalized spacial score (nSPS) is 15.1. The molecule has 0 radical (unpaired) electrons.